The zero-order valence-corrected chi connectivity index (χ0v) is 59.9. The first kappa shape index (κ1) is 68.1. The van der Waals surface area contributed by atoms with Crippen molar-refractivity contribution in [2.45, 2.75) is 82.1 Å². The average Bonchev–Trinajstić information content (AvgIpc) is 0.860. The Bertz CT molecular complexity index is 6230. The molecule has 0 saturated heterocycles. The number of benzene rings is 8. The summed E-state index contributed by atoms with van der Waals surface area (Å²) in [6.45, 7) is 19.6. The molecule has 16 aromatic rings. The van der Waals surface area contributed by atoms with Gasteiger partial charge < -0.3 is 4.74 Å². The van der Waals surface area contributed by atoms with Crippen LogP contribution in [0.4, 0.5) is 0 Å². The van der Waals surface area contributed by atoms with E-state index in [-0.39, 0.29) is 21.7 Å². The molecule has 0 unspecified atom stereocenters. The Morgan fingerprint density at radius 3 is 1.04 bits per heavy atom. The van der Waals surface area contributed by atoms with E-state index in [1.54, 1.807) is 11.6 Å². The van der Waals surface area contributed by atoms with Crippen molar-refractivity contribution >= 4 is 28.7 Å². The van der Waals surface area contributed by atoms with Gasteiger partial charge in [-0.15, -0.1) is 0 Å². The van der Waals surface area contributed by atoms with Crippen LogP contribution in [0.15, 0.2) is 238 Å². The maximum absolute atomic E-state index is 13.3. The highest BCUT2D eigenvalue weighted by Gasteiger charge is 2.24. The highest BCUT2D eigenvalue weighted by atomic mass is 16.5. The number of allylic oxidation sites excluding steroid dienone is 1. The maximum Gasteiger partial charge on any atom is 0.232 e. The van der Waals surface area contributed by atoms with Gasteiger partial charge in [0.1, 0.15) is 5.75 Å². The van der Waals surface area contributed by atoms with E-state index in [1.807, 2.05) is 264 Å². The van der Waals surface area contributed by atoms with Crippen molar-refractivity contribution in [3.8, 4) is 95.3 Å². The fourth-order valence-electron chi connectivity index (χ4n) is 14.2. The van der Waals surface area contributed by atoms with Crippen LogP contribution in [0.1, 0.15) is 74.7 Å². The quantitative estimate of drug-likeness (QED) is 0.102. The predicted octanol–water partition coefficient (Wildman–Crippen LogP) is 17.3. The molecule has 0 bridgehead atoms. The summed E-state index contributed by atoms with van der Waals surface area (Å²) in [5, 5.41) is 13.5. The number of fused-ring (bicyclic) bond motifs is 5. The van der Waals surface area contributed by atoms with Crippen molar-refractivity contribution in [3.63, 3.8) is 0 Å². The van der Waals surface area contributed by atoms with Crippen molar-refractivity contribution in [2.24, 2.45) is 0 Å². The number of rotatable bonds is 10. The van der Waals surface area contributed by atoms with Gasteiger partial charge in [0.15, 0.2) is 0 Å². The Hall–Kier alpha value is -13.0. The van der Waals surface area contributed by atoms with Crippen molar-refractivity contribution in [3.05, 3.63) is 327 Å². The second kappa shape index (κ2) is 28.5. The normalized spacial score (nSPS) is 11.5. The minimum absolute atomic E-state index is 0.0431. The largest absolute Gasteiger partial charge is 0.497 e. The van der Waals surface area contributed by atoms with Crippen LogP contribution in [-0.2, 0) is 12.8 Å². The molecule has 1 aliphatic carbocycles. The maximum atomic E-state index is 13.3. The van der Waals surface area contributed by atoms with E-state index < -0.39 is 0 Å². The smallest absolute Gasteiger partial charge is 0.232 e. The molecule has 0 radical (unpaired) electrons. The van der Waals surface area contributed by atoms with Crippen LogP contribution < -0.4 is 26.5 Å². The standard InChI is InChI=1S/C23H19N3O.C22H21N3O.C21H19N3O2.C21H19N3O/c1-14-20(19-12-11-16-9-6-10-18(16)13-19)22(27)23-24-15(2)21(26(23)25-14)17-7-4-3-5-8-17;1-4-16-10-12-17(13-11-16)19-14(2)24-25-20(18-8-6-5-7-9-18)15(3)23-22(25)21(19)26;1-13-18(16-10-7-11-17(12-16)26-3)20(25)21-22-14(2)19(24(21)23-13)15-8-5-4-6-9-15;1-13-8-7-11-17(12-13)18-14(2)23-24-19(16-9-5-4-6-10-16)15(3)22-21(24)20(18)25/h3-8,10-13,25H,9H2,1-2H3;5-13,24H,4H2,1-3H3;4-12,23H,1-3H3;4-12,23H,1-3H3. The second-order valence-electron chi connectivity index (χ2n) is 26.2. The van der Waals surface area contributed by atoms with Crippen LogP contribution in [0.5, 0.6) is 5.75 Å². The molecule has 516 valence electrons. The van der Waals surface area contributed by atoms with Crippen LogP contribution in [-0.4, -0.2) is 65.5 Å². The molecule has 8 aromatic carbocycles. The van der Waals surface area contributed by atoms with E-state index in [1.165, 1.54) is 16.7 Å². The number of imidazole rings is 4. The van der Waals surface area contributed by atoms with Crippen LogP contribution >= 0.6 is 0 Å². The Morgan fingerprint density at radius 2 is 0.683 bits per heavy atom. The molecule has 0 aliphatic heterocycles. The molecule has 17 rings (SSSR count). The Labute approximate surface area is 600 Å². The summed E-state index contributed by atoms with van der Waals surface area (Å²) in [6.07, 6.45) is 6.21. The van der Waals surface area contributed by atoms with Crippen molar-refractivity contribution < 1.29 is 4.74 Å². The van der Waals surface area contributed by atoms with Gasteiger partial charge in [0.25, 0.3) is 0 Å². The van der Waals surface area contributed by atoms with E-state index in [0.717, 1.165) is 131 Å². The molecule has 0 saturated carbocycles. The summed E-state index contributed by atoms with van der Waals surface area (Å²) in [7, 11) is 1.61. The first-order valence-corrected chi connectivity index (χ1v) is 34.7. The van der Waals surface area contributed by atoms with E-state index in [0.29, 0.717) is 50.6 Å². The SMILES string of the molecule is CCc1ccc(-c2c(C)[nH]n3c(-c4ccccc4)c(C)nc3c2=O)cc1.COc1cccc(-c2c(C)[nH]n3c(-c4ccccc4)c(C)nc3c2=O)c1.Cc1cccc(-c2c(C)[nH]n3c(-c4ccccc4)c(C)nc3c2=O)c1.Cc1nc2c(=O)c(-c3ccc4c(c3)C=CC4)c(C)[nH]n2c1-c1ccccc1. The van der Waals surface area contributed by atoms with Crippen LogP contribution in [0.25, 0.3) is 118 Å². The van der Waals surface area contributed by atoms with Crippen molar-refractivity contribution in [2.75, 3.05) is 7.11 Å². The molecule has 8 heterocycles. The summed E-state index contributed by atoms with van der Waals surface area (Å²) in [4.78, 5) is 71.1. The van der Waals surface area contributed by atoms with Crippen LogP contribution in [0.2, 0.25) is 0 Å². The molecular formula is C87H78N12O5. The molecular weight excluding hydrogens is 1290 g/mol. The van der Waals surface area contributed by atoms with Gasteiger partial charge in [-0.1, -0.05) is 219 Å². The summed E-state index contributed by atoms with van der Waals surface area (Å²) in [5.41, 5.74) is 27.0. The van der Waals surface area contributed by atoms with Gasteiger partial charge in [-0.3, -0.25) is 39.6 Å². The topological polar surface area (TPSA) is 210 Å². The number of aromatic amines is 4. The Balaban J connectivity index is 0.000000117. The first-order chi connectivity index (χ1) is 50.4. The summed E-state index contributed by atoms with van der Waals surface area (Å²) >= 11 is 0. The third-order valence-electron chi connectivity index (χ3n) is 19.1. The third kappa shape index (κ3) is 12.8. The van der Waals surface area contributed by atoms with Crippen LogP contribution in [0.3, 0.4) is 0 Å². The number of H-pyrrole nitrogens is 4. The van der Waals surface area contributed by atoms with Crippen molar-refractivity contribution in [1.82, 2.24) is 58.4 Å². The Kier molecular flexibility index (Phi) is 18.7. The van der Waals surface area contributed by atoms with Gasteiger partial charge in [0.2, 0.25) is 44.3 Å². The fourth-order valence-corrected chi connectivity index (χ4v) is 14.2. The molecule has 0 atom stereocenters. The highest BCUT2D eigenvalue weighted by molar-refractivity contribution is 5.79. The lowest BCUT2D eigenvalue weighted by Gasteiger charge is -2.10. The summed E-state index contributed by atoms with van der Waals surface area (Å²) in [5.74, 6) is 0.714. The number of nitrogens with one attached hydrogen (secondary N) is 4. The lowest BCUT2D eigenvalue weighted by Crippen LogP contribution is -2.14. The minimum atomic E-state index is -0.0974. The minimum Gasteiger partial charge on any atom is -0.497 e. The van der Waals surface area contributed by atoms with Gasteiger partial charge in [0, 0.05) is 45.0 Å². The number of aromatic nitrogens is 12. The predicted molar refractivity (Wildman–Crippen MR) is 418 cm³/mol. The molecule has 1 aliphatic rings. The monoisotopic (exact) mass is 1370 g/mol. The number of methoxy groups -OCH3 is 1. The number of ether oxygens (including phenoxy) is 1. The van der Waals surface area contributed by atoms with Gasteiger partial charge in [-0.25, -0.2) is 38.0 Å². The molecule has 104 heavy (non-hydrogen) atoms. The number of hydrogen-bond acceptors (Lipinski definition) is 9. The summed E-state index contributed by atoms with van der Waals surface area (Å²) in [6, 6.07) is 69.9. The van der Waals surface area contributed by atoms with E-state index in [9.17, 15) is 19.2 Å². The van der Waals surface area contributed by atoms with Gasteiger partial charge in [-0.2, -0.15) is 0 Å². The molecule has 0 spiro atoms. The Morgan fingerprint density at radius 1 is 0.356 bits per heavy atom. The zero-order valence-electron chi connectivity index (χ0n) is 59.9. The molecule has 4 N–H and O–H groups in total. The molecule has 8 aromatic heterocycles. The average molecular weight is 1370 g/mol. The van der Waals surface area contributed by atoms with E-state index in [2.05, 4.69) is 83.7 Å². The summed E-state index contributed by atoms with van der Waals surface area (Å²) < 4.78 is 12.5. The lowest BCUT2D eigenvalue weighted by molar-refractivity contribution is 0.415. The van der Waals surface area contributed by atoms with Crippen molar-refractivity contribution in [1.29, 1.82) is 0 Å². The molecule has 17 nitrogen and oxygen atoms in total. The number of hydrogen-bond donors (Lipinski definition) is 4. The number of aryl methyl sites for hydroxylation is 10. The fraction of sp³-hybridized carbons (Fsp3) is 0.149. The first-order valence-electron chi connectivity index (χ1n) is 34.7. The lowest BCUT2D eigenvalue weighted by atomic mass is 9.99. The van der Waals surface area contributed by atoms with Gasteiger partial charge in [0.05, 0.1) is 74.9 Å². The van der Waals surface area contributed by atoms with E-state index in [4.69, 9.17) is 4.74 Å². The highest BCUT2D eigenvalue weighted by Crippen LogP contribution is 2.33. The molecule has 17 heteroatoms. The van der Waals surface area contributed by atoms with Crippen LogP contribution in [0, 0.1) is 62.3 Å². The second-order valence-corrected chi connectivity index (χ2v) is 26.2. The molecule has 0 amide bonds. The van der Waals surface area contributed by atoms with E-state index >= 15 is 0 Å². The third-order valence-corrected chi connectivity index (χ3v) is 19.1. The molecule has 0 fully saturated rings. The van der Waals surface area contributed by atoms with Gasteiger partial charge in [-0.05, 0) is 132 Å². The van der Waals surface area contributed by atoms with Gasteiger partial charge >= 0.3 is 0 Å². The zero-order chi connectivity index (χ0) is 72.6. The number of nitrogens with zero attached hydrogens (tertiary/aromatic N) is 8.